The van der Waals surface area contributed by atoms with Crippen molar-refractivity contribution in [2.75, 3.05) is 26.7 Å². The van der Waals surface area contributed by atoms with Crippen LogP contribution in [0.1, 0.15) is 19.8 Å². The molecule has 1 aliphatic heterocycles. The average molecular weight is 272 g/mol. The summed E-state index contributed by atoms with van der Waals surface area (Å²) in [6.07, 6.45) is 1.04. The van der Waals surface area contributed by atoms with Crippen LogP contribution in [0.3, 0.4) is 0 Å². The largest absolute Gasteiger partial charge is 0.481 e. The Morgan fingerprint density at radius 3 is 2.68 bits per heavy atom. The van der Waals surface area contributed by atoms with Crippen molar-refractivity contribution in [2.45, 2.75) is 19.8 Å². The average Bonchev–Trinajstić information content (AvgIpc) is 2.87. The van der Waals surface area contributed by atoms with E-state index in [9.17, 15) is 14.4 Å². The summed E-state index contributed by atoms with van der Waals surface area (Å²) in [7, 11) is 1.32. The Morgan fingerprint density at radius 1 is 1.47 bits per heavy atom. The number of likely N-dealkylation sites (tertiary alicyclic amines) is 1. The first kappa shape index (κ1) is 15.3. The van der Waals surface area contributed by atoms with Gasteiger partial charge in [-0.15, -0.1) is 0 Å². The van der Waals surface area contributed by atoms with E-state index in [1.54, 1.807) is 6.92 Å². The molecule has 0 radical (unpaired) electrons. The minimum atomic E-state index is -0.920. The van der Waals surface area contributed by atoms with Crippen molar-refractivity contribution in [3.05, 3.63) is 0 Å². The maximum absolute atomic E-state index is 11.8. The molecule has 0 saturated carbocycles. The molecule has 1 aliphatic rings. The number of amides is 2. The van der Waals surface area contributed by atoms with Gasteiger partial charge in [-0.05, 0) is 12.8 Å². The molecule has 19 heavy (non-hydrogen) atoms. The zero-order valence-corrected chi connectivity index (χ0v) is 11.2. The maximum Gasteiger partial charge on any atom is 0.317 e. The molecule has 1 fully saturated rings. The lowest BCUT2D eigenvalue weighted by Crippen LogP contribution is -2.42. The highest BCUT2D eigenvalue weighted by Gasteiger charge is 2.31. The number of aliphatic carboxylic acids is 1. The molecule has 1 heterocycles. The minimum absolute atomic E-state index is 0.101. The van der Waals surface area contributed by atoms with Gasteiger partial charge in [0.15, 0.2) is 0 Å². The summed E-state index contributed by atoms with van der Waals surface area (Å²) in [6, 6.07) is -0.328. The first-order chi connectivity index (χ1) is 8.99. The number of nitrogens with one attached hydrogen (secondary N) is 1. The second kappa shape index (κ2) is 6.96. The fraction of sp³-hybridized carbons (Fsp3) is 0.750. The molecule has 2 atom stereocenters. The SMILES string of the molecule is CCC(CNC(=O)N1CCC(C(=O)OC)C1)C(=O)O. The van der Waals surface area contributed by atoms with Gasteiger partial charge in [0.2, 0.25) is 0 Å². The van der Waals surface area contributed by atoms with Crippen molar-refractivity contribution in [3.8, 4) is 0 Å². The van der Waals surface area contributed by atoms with Crippen molar-refractivity contribution < 1.29 is 24.2 Å². The van der Waals surface area contributed by atoms with Crippen LogP contribution < -0.4 is 5.32 Å². The molecule has 0 aromatic carbocycles. The lowest BCUT2D eigenvalue weighted by atomic mass is 10.1. The Bertz CT molecular complexity index is 358. The van der Waals surface area contributed by atoms with E-state index in [1.807, 2.05) is 0 Å². The Morgan fingerprint density at radius 2 is 2.16 bits per heavy atom. The fourth-order valence-electron chi connectivity index (χ4n) is 2.03. The second-order valence-electron chi connectivity index (χ2n) is 4.58. The molecule has 7 heteroatoms. The lowest BCUT2D eigenvalue weighted by Gasteiger charge is -2.18. The number of carboxylic acid groups (broad SMARTS) is 1. The smallest absolute Gasteiger partial charge is 0.317 e. The summed E-state index contributed by atoms with van der Waals surface area (Å²) in [4.78, 5) is 35.5. The van der Waals surface area contributed by atoms with Crippen LogP contribution in [0.4, 0.5) is 4.79 Å². The van der Waals surface area contributed by atoms with Crippen LogP contribution in [0.15, 0.2) is 0 Å². The van der Waals surface area contributed by atoms with Gasteiger partial charge >= 0.3 is 18.0 Å². The number of hydrogen-bond acceptors (Lipinski definition) is 4. The molecule has 0 aromatic heterocycles. The molecule has 0 bridgehead atoms. The van der Waals surface area contributed by atoms with Crippen LogP contribution in [0.2, 0.25) is 0 Å². The molecule has 2 N–H and O–H groups in total. The van der Waals surface area contributed by atoms with E-state index in [0.717, 1.165) is 0 Å². The highest BCUT2D eigenvalue weighted by molar-refractivity contribution is 5.78. The molecular formula is C12H20N2O5. The van der Waals surface area contributed by atoms with Crippen molar-refractivity contribution in [1.82, 2.24) is 10.2 Å². The quantitative estimate of drug-likeness (QED) is 0.702. The Balaban J connectivity index is 2.39. The molecule has 1 saturated heterocycles. The number of rotatable bonds is 5. The molecule has 2 unspecified atom stereocenters. The summed E-state index contributed by atoms with van der Waals surface area (Å²) >= 11 is 0. The third kappa shape index (κ3) is 4.11. The molecule has 0 spiro atoms. The first-order valence-electron chi connectivity index (χ1n) is 6.33. The Labute approximate surface area is 111 Å². The number of methoxy groups -OCH3 is 1. The first-order valence-corrected chi connectivity index (χ1v) is 6.33. The number of carbonyl (C=O) groups is 3. The van der Waals surface area contributed by atoms with E-state index in [0.29, 0.717) is 25.9 Å². The summed E-state index contributed by atoms with van der Waals surface area (Å²) in [5.74, 6) is -2.09. The molecule has 0 aliphatic carbocycles. The van der Waals surface area contributed by atoms with Crippen molar-refractivity contribution in [1.29, 1.82) is 0 Å². The highest BCUT2D eigenvalue weighted by Crippen LogP contribution is 2.17. The van der Waals surface area contributed by atoms with E-state index in [2.05, 4.69) is 10.1 Å². The van der Waals surface area contributed by atoms with Crippen LogP contribution in [0.25, 0.3) is 0 Å². The van der Waals surface area contributed by atoms with Gasteiger partial charge in [-0.1, -0.05) is 6.92 Å². The van der Waals surface area contributed by atoms with E-state index >= 15 is 0 Å². The van der Waals surface area contributed by atoms with E-state index in [4.69, 9.17) is 5.11 Å². The third-order valence-electron chi connectivity index (χ3n) is 3.35. The molecular weight excluding hydrogens is 252 g/mol. The molecule has 0 aromatic rings. The van der Waals surface area contributed by atoms with Crippen molar-refractivity contribution >= 4 is 18.0 Å². The zero-order valence-electron chi connectivity index (χ0n) is 11.2. The fourth-order valence-corrected chi connectivity index (χ4v) is 2.03. The summed E-state index contributed by atoms with van der Waals surface area (Å²) in [5, 5.41) is 11.5. The number of ether oxygens (including phenoxy) is 1. The normalized spacial score (nSPS) is 19.9. The third-order valence-corrected chi connectivity index (χ3v) is 3.35. The van der Waals surface area contributed by atoms with Crippen LogP contribution in [0, 0.1) is 11.8 Å². The van der Waals surface area contributed by atoms with Gasteiger partial charge < -0.3 is 20.1 Å². The predicted molar refractivity (Wildman–Crippen MR) is 66.5 cm³/mol. The van der Waals surface area contributed by atoms with E-state index in [1.165, 1.54) is 12.0 Å². The van der Waals surface area contributed by atoms with E-state index in [-0.39, 0.29) is 24.5 Å². The molecule has 1 rings (SSSR count). The predicted octanol–water partition coefficient (Wildman–Crippen LogP) is 0.302. The van der Waals surface area contributed by atoms with Gasteiger partial charge in [0.25, 0.3) is 0 Å². The van der Waals surface area contributed by atoms with Gasteiger partial charge in [-0.3, -0.25) is 9.59 Å². The van der Waals surface area contributed by atoms with Gasteiger partial charge in [0.1, 0.15) is 0 Å². The van der Waals surface area contributed by atoms with Gasteiger partial charge in [0, 0.05) is 19.6 Å². The molecule has 7 nitrogen and oxygen atoms in total. The maximum atomic E-state index is 11.8. The standard InChI is InChI=1S/C12H20N2O5/c1-3-8(10(15)16)6-13-12(18)14-5-4-9(7-14)11(17)19-2/h8-9H,3-7H2,1-2H3,(H,13,18)(H,15,16). The molecule has 2 amide bonds. The van der Waals surface area contributed by atoms with Crippen LogP contribution >= 0.6 is 0 Å². The van der Waals surface area contributed by atoms with Gasteiger partial charge in [0.05, 0.1) is 18.9 Å². The van der Waals surface area contributed by atoms with Crippen molar-refractivity contribution in [2.24, 2.45) is 11.8 Å². The summed E-state index contributed by atoms with van der Waals surface area (Å²) in [5.41, 5.74) is 0. The number of carbonyl (C=O) groups excluding carboxylic acids is 2. The summed E-state index contributed by atoms with van der Waals surface area (Å²) in [6.45, 7) is 2.66. The highest BCUT2D eigenvalue weighted by atomic mass is 16.5. The lowest BCUT2D eigenvalue weighted by molar-refractivity contribution is -0.145. The monoisotopic (exact) mass is 272 g/mol. The number of urea groups is 1. The van der Waals surface area contributed by atoms with Crippen LogP contribution in [-0.2, 0) is 14.3 Å². The number of hydrogen-bond donors (Lipinski definition) is 2. The summed E-state index contributed by atoms with van der Waals surface area (Å²) < 4.78 is 4.63. The second-order valence-corrected chi connectivity index (χ2v) is 4.58. The van der Waals surface area contributed by atoms with Crippen LogP contribution in [-0.4, -0.2) is 54.7 Å². The van der Waals surface area contributed by atoms with Gasteiger partial charge in [-0.2, -0.15) is 0 Å². The van der Waals surface area contributed by atoms with E-state index < -0.39 is 11.9 Å². The topological polar surface area (TPSA) is 95.9 Å². The Hall–Kier alpha value is -1.79. The van der Waals surface area contributed by atoms with Crippen molar-refractivity contribution in [3.63, 3.8) is 0 Å². The van der Waals surface area contributed by atoms with Gasteiger partial charge in [-0.25, -0.2) is 4.79 Å². The number of carboxylic acids is 1. The number of nitrogens with zero attached hydrogens (tertiary/aromatic N) is 1. The number of esters is 1. The molecule has 108 valence electrons. The zero-order chi connectivity index (χ0) is 14.4. The minimum Gasteiger partial charge on any atom is -0.481 e. The van der Waals surface area contributed by atoms with Crippen LogP contribution in [0.5, 0.6) is 0 Å². The Kier molecular flexibility index (Phi) is 5.59.